The Bertz CT molecular complexity index is 546. The average molecular weight is 584 g/mol. The van der Waals surface area contributed by atoms with Crippen LogP contribution in [0.1, 0.15) is 194 Å². The molecule has 0 aliphatic heterocycles. The first-order chi connectivity index (χ1) is 20.8. The van der Waals surface area contributed by atoms with E-state index in [0.29, 0.717) is 0 Å². The Morgan fingerprint density at radius 3 is 0.881 bits per heavy atom. The summed E-state index contributed by atoms with van der Waals surface area (Å²) in [6, 6.07) is 0. The monoisotopic (exact) mass is 584 g/mol. The van der Waals surface area contributed by atoms with Gasteiger partial charge < -0.3 is 4.90 Å². The number of rotatable bonds is 34. The Hall–Kier alpha value is -1.08. The third-order valence-electron chi connectivity index (χ3n) is 8.48. The normalized spacial score (nSPS) is 12.5. The molecule has 0 aliphatic carbocycles. The summed E-state index contributed by atoms with van der Waals surface area (Å²) in [4.78, 5) is 2.57. The van der Waals surface area contributed by atoms with E-state index in [-0.39, 0.29) is 0 Å². The van der Waals surface area contributed by atoms with Crippen LogP contribution in [0.4, 0.5) is 0 Å². The fourth-order valence-corrected chi connectivity index (χ4v) is 5.56. The van der Waals surface area contributed by atoms with Gasteiger partial charge in [0.2, 0.25) is 0 Å². The van der Waals surface area contributed by atoms with Crippen LogP contribution in [0.25, 0.3) is 0 Å². The van der Waals surface area contributed by atoms with Gasteiger partial charge in [0.15, 0.2) is 0 Å². The zero-order valence-electron chi connectivity index (χ0n) is 29.3. The summed E-state index contributed by atoms with van der Waals surface area (Å²) in [5.41, 5.74) is 0. The van der Waals surface area contributed by atoms with Crippen LogP contribution in [0.15, 0.2) is 48.6 Å². The Balaban J connectivity index is 3.26. The molecule has 0 atom stereocenters. The van der Waals surface area contributed by atoms with Crippen LogP contribution in [-0.2, 0) is 0 Å². The van der Waals surface area contributed by atoms with Crippen molar-refractivity contribution in [2.75, 3.05) is 20.1 Å². The highest BCUT2D eigenvalue weighted by Crippen LogP contribution is 2.12. The van der Waals surface area contributed by atoms with Crippen LogP contribution in [0.2, 0.25) is 0 Å². The van der Waals surface area contributed by atoms with Gasteiger partial charge in [-0.1, -0.05) is 165 Å². The molecular weight excluding hydrogens is 506 g/mol. The molecule has 0 rings (SSSR count). The predicted molar refractivity (Wildman–Crippen MR) is 195 cm³/mol. The largest absolute Gasteiger partial charge is 0.306 e. The van der Waals surface area contributed by atoms with Crippen molar-refractivity contribution in [2.24, 2.45) is 0 Å². The highest BCUT2D eigenvalue weighted by molar-refractivity contribution is 4.93. The van der Waals surface area contributed by atoms with Gasteiger partial charge in [-0.2, -0.15) is 0 Å². The fraction of sp³-hybridized carbons (Fsp3) is 0.805. The van der Waals surface area contributed by atoms with Crippen LogP contribution in [0.5, 0.6) is 0 Å². The van der Waals surface area contributed by atoms with Gasteiger partial charge in [0.1, 0.15) is 0 Å². The molecule has 0 aliphatic rings. The molecule has 0 heterocycles. The molecule has 0 spiro atoms. The van der Waals surface area contributed by atoms with E-state index in [9.17, 15) is 0 Å². The van der Waals surface area contributed by atoms with Crippen LogP contribution < -0.4 is 0 Å². The average Bonchev–Trinajstić information content (AvgIpc) is 3.00. The van der Waals surface area contributed by atoms with Crippen LogP contribution in [-0.4, -0.2) is 25.0 Å². The molecule has 0 radical (unpaired) electrons. The standard InChI is InChI=1S/C41H77N/c1-4-6-8-10-12-14-16-18-20-22-24-26-28-30-32-34-36-38-40-42(3)41-39-37-35-33-31-29-27-25-23-21-19-17-15-13-11-9-7-5-2/h12-15,18-21H,4-11,16-17,22-41H2,1-3H3/b14-12-,15-13-,20-18-,21-19-. The molecular formula is C41H77N. The van der Waals surface area contributed by atoms with Gasteiger partial charge in [-0.05, 0) is 97.2 Å². The van der Waals surface area contributed by atoms with Gasteiger partial charge in [-0.3, -0.25) is 0 Å². The van der Waals surface area contributed by atoms with Gasteiger partial charge in [0.25, 0.3) is 0 Å². The number of nitrogens with zero attached hydrogens (tertiary/aromatic N) is 1. The summed E-state index contributed by atoms with van der Waals surface area (Å²) in [5, 5.41) is 0. The van der Waals surface area contributed by atoms with Gasteiger partial charge in [0.05, 0.1) is 0 Å². The second kappa shape index (κ2) is 37.9. The Morgan fingerprint density at radius 1 is 0.310 bits per heavy atom. The van der Waals surface area contributed by atoms with E-state index in [0.717, 1.165) is 12.8 Å². The van der Waals surface area contributed by atoms with E-state index in [4.69, 9.17) is 0 Å². The molecule has 0 saturated heterocycles. The molecule has 42 heavy (non-hydrogen) atoms. The van der Waals surface area contributed by atoms with Gasteiger partial charge in [-0.15, -0.1) is 0 Å². The van der Waals surface area contributed by atoms with Crippen molar-refractivity contribution in [3.05, 3.63) is 48.6 Å². The lowest BCUT2D eigenvalue weighted by Gasteiger charge is -2.16. The van der Waals surface area contributed by atoms with E-state index >= 15 is 0 Å². The molecule has 0 aromatic rings. The molecule has 1 heteroatoms. The molecule has 0 aromatic carbocycles. The van der Waals surface area contributed by atoms with Crippen molar-refractivity contribution < 1.29 is 0 Å². The third-order valence-corrected chi connectivity index (χ3v) is 8.48. The molecule has 0 saturated carbocycles. The summed E-state index contributed by atoms with van der Waals surface area (Å²) in [6.45, 7) is 7.14. The topological polar surface area (TPSA) is 3.24 Å². The van der Waals surface area contributed by atoms with Gasteiger partial charge in [-0.25, -0.2) is 0 Å². The number of hydrogen-bond acceptors (Lipinski definition) is 1. The minimum atomic E-state index is 1.12. The number of allylic oxidation sites excluding steroid dienone is 8. The quantitative estimate of drug-likeness (QED) is 0.0538. The second-order valence-electron chi connectivity index (χ2n) is 12.9. The summed E-state index contributed by atoms with van der Waals surface area (Å²) >= 11 is 0. The summed E-state index contributed by atoms with van der Waals surface area (Å²) in [6.07, 6.45) is 57.0. The maximum Gasteiger partial charge on any atom is -0.00218 e. The molecule has 0 aromatic heterocycles. The summed E-state index contributed by atoms with van der Waals surface area (Å²) < 4.78 is 0. The zero-order chi connectivity index (χ0) is 30.4. The maximum atomic E-state index is 2.57. The Morgan fingerprint density at radius 2 is 0.571 bits per heavy atom. The van der Waals surface area contributed by atoms with E-state index < -0.39 is 0 Å². The van der Waals surface area contributed by atoms with E-state index in [2.05, 4.69) is 74.4 Å². The van der Waals surface area contributed by atoms with Crippen molar-refractivity contribution in [1.29, 1.82) is 0 Å². The lowest BCUT2D eigenvalue weighted by atomic mass is 10.1. The molecule has 246 valence electrons. The molecule has 1 nitrogen and oxygen atoms in total. The summed E-state index contributed by atoms with van der Waals surface area (Å²) in [7, 11) is 2.33. The van der Waals surface area contributed by atoms with Crippen molar-refractivity contribution in [1.82, 2.24) is 4.90 Å². The smallest absolute Gasteiger partial charge is 0.00218 e. The lowest BCUT2D eigenvalue weighted by Crippen LogP contribution is -2.20. The lowest BCUT2D eigenvalue weighted by molar-refractivity contribution is 0.314. The minimum Gasteiger partial charge on any atom is -0.306 e. The Kier molecular flexibility index (Phi) is 37.0. The van der Waals surface area contributed by atoms with Gasteiger partial charge >= 0.3 is 0 Å². The predicted octanol–water partition coefficient (Wildman–Crippen LogP) is 14.1. The second-order valence-corrected chi connectivity index (χ2v) is 12.9. The van der Waals surface area contributed by atoms with E-state index in [1.807, 2.05) is 0 Å². The Labute approximate surface area is 266 Å². The SMILES string of the molecule is CCCCC/C=C\C/C=C\CCCCCCCCCCN(C)CCCCCCCCCC/C=C\C/C=C\CCCCC. The zero-order valence-corrected chi connectivity index (χ0v) is 29.3. The van der Waals surface area contributed by atoms with Crippen molar-refractivity contribution in [3.63, 3.8) is 0 Å². The van der Waals surface area contributed by atoms with Crippen LogP contribution in [0, 0.1) is 0 Å². The highest BCUT2D eigenvalue weighted by Gasteiger charge is 1.99. The van der Waals surface area contributed by atoms with Crippen molar-refractivity contribution >= 4 is 0 Å². The highest BCUT2D eigenvalue weighted by atomic mass is 15.1. The molecule has 0 fully saturated rings. The van der Waals surface area contributed by atoms with Crippen molar-refractivity contribution in [3.8, 4) is 0 Å². The number of unbranched alkanes of at least 4 members (excludes halogenated alkanes) is 22. The van der Waals surface area contributed by atoms with Crippen molar-refractivity contribution in [2.45, 2.75) is 194 Å². The molecule has 0 N–H and O–H groups in total. The molecule has 0 amide bonds. The van der Waals surface area contributed by atoms with Crippen LogP contribution >= 0.6 is 0 Å². The summed E-state index contributed by atoms with van der Waals surface area (Å²) in [5.74, 6) is 0. The van der Waals surface area contributed by atoms with Gasteiger partial charge in [0, 0.05) is 0 Å². The number of hydrogen-bond donors (Lipinski definition) is 0. The third kappa shape index (κ3) is 36.9. The first-order valence-corrected chi connectivity index (χ1v) is 19.1. The molecule has 0 unspecified atom stereocenters. The van der Waals surface area contributed by atoms with E-state index in [1.165, 1.54) is 180 Å². The molecule has 0 bridgehead atoms. The van der Waals surface area contributed by atoms with E-state index in [1.54, 1.807) is 0 Å². The minimum absolute atomic E-state index is 1.12. The maximum absolute atomic E-state index is 2.57. The fourth-order valence-electron chi connectivity index (χ4n) is 5.56. The first-order valence-electron chi connectivity index (χ1n) is 19.1. The first kappa shape index (κ1) is 40.9. The van der Waals surface area contributed by atoms with Crippen LogP contribution in [0.3, 0.4) is 0 Å².